The Balaban J connectivity index is 1.63. The van der Waals surface area contributed by atoms with Gasteiger partial charge in [-0.05, 0) is 78.4 Å². The van der Waals surface area contributed by atoms with Crippen molar-refractivity contribution in [1.29, 1.82) is 0 Å². The molecule has 2 heterocycles. The molecule has 1 aliphatic carbocycles. The van der Waals surface area contributed by atoms with E-state index < -0.39 is 12.0 Å². The van der Waals surface area contributed by atoms with Crippen LogP contribution in [0.2, 0.25) is 5.02 Å². The minimum absolute atomic E-state index is 0.272. The van der Waals surface area contributed by atoms with E-state index in [0.29, 0.717) is 28.4 Å². The first-order chi connectivity index (χ1) is 18.5. The Morgan fingerprint density at radius 3 is 2.63 bits per heavy atom. The Bertz CT molecular complexity index is 1390. The van der Waals surface area contributed by atoms with Gasteiger partial charge in [-0.2, -0.15) is 4.68 Å². The van der Waals surface area contributed by atoms with Crippen molar-refractivity contribution in [2.45, 2.75) is 64.8 Å². The van der Waals surface area contributed by atoms with E-state index in [-0.39, 0.29) is 6.61 Å². The molecular formula is C29H35ClN6O2. The van der Waals surface area contributed by atoms with Crippen LogP contribution in [0.25, 0.3) is 16.6 Å². The van der Waals surface area contributed by atoms with Gasteiger partial charge in [0.15, 0.2) is 5.82 Å². The lowest BCUT2D eigenvalue weighted by Crippen LogP contribution is -2.32. The number of esters is 1. The predicted octanol–water partition coefficient (Wildman–Crippen LogP) is 6.36. The highest BCUT2D eigenvalue weighted by atomic mass is 35.5. The van der Waals surface area contributed by atoms with E-state index in [1.165, 1.54) is 37.7 Å². The van der Waals surface area contributed by atoms with E-state index in [2.05, 4.69) is 51.8 Å². The highest BCUT2D eigenvalue weighted by Crippen LogP contribution is 2.35. The van der Waals surface area contributed by atoms with Crippen molar-refractivity contribution in [3.63, 3.8) is 0 Å². The number of benzene rings is 2. The molecule has 2 aromatic carbocycles. The van der Waals surface area contributed by atoms with Crippen LogP contribution in [0.4, 0.5) is 0 Å². The summed E-state index contributed by atoms with van der Waals surface area (Å²) in [7, 11) is 0. The molecule has 0 bridgehead atoms. The van der Waals surface area contributed by atoms with E-state index in [1.807, 2.05) is 30.3 Å². The third-order valence-corrected chi connectivity index (χ3v) is 7.70. The minimum Gasteiger partial charge on any atom is -0.461 e. The van der Waals surface area contributed by atoms with Crippen LogP contribution in [0.3, 0.4) is 0 Å². The number of nitrogens with one attached hydrogen (secondary N) is 2. The number of hydrogen-bond donors (Lipinski definition) is 2. The van der Waals surface area contributed by atoms with Crippen LogP contribution in [-0.2, 0) is 4.74 Å². The van der Waals surface area contributed by atoms with Crippen LogP contribution in [0.15, 0.2) is 42.5 Å². The molecule has 38 heavy (non-hydrogen) atoms. The van der Waals surface area contributed by atoms with Crippen molar-refractivity contribution in [2.75, 3.05) is 13.2 Å². The van der Waals surface area contributed by atoms with Crippen molar-refractivity contribution < 1.29 is 9.53 Å². The van der Waals surface area contributed by atoms with Crippen LogP contribution in [0.1, 0.15) is 92.3 Å². The van der Waals surface area contributed by atoms with E-state index >= 15 is 0 Å². The molecule has 1 fully saturated rings. The van der Waals surface area contributed by atoms with Gasteiger partial charge in [0.1, 0.15) is 5.69 Å². The molecule has 0 aliphatic heterocycles. The number of carbonyl (C=O) groups is 1. The van der Waals surface area contributed by atoms with Crippen LogP contribution in [0, 0.1) is 5.92 Å². The van der Waals surface area contributed by atoms with Gasteiger partial charge < -0.3 is 15.0 Å². The third kappa shape index (κ3) is 5.47. The van der Waals surface area contributed by atoms with Crippen molar-refractivity contribution in [3.05, 3.63) is 70.1 Å². The highest BCUT2D eigenvalue weighted by molar-refractivity contribution is 6.31. The largest absolute Gasteiger partial charge is 0.461 e. The molecule has 9 heteroatoms. The number of nitrogens with zero attached hydrogens (tertiary/aromatic N) is 4. The smallest absolute Gasteiger partial charge is 0.355 e. The summed E-state index contributed by atoms with van der Waals surface area (Å²) in [4.78, 5) is 16.5. The van der Waals surface area contributed by atoms with Gasteiger partial charge in [-0.15, -0.1) is 5.10 Å². The zero-order valence-electron chi connectivity index (χ0n) is 22.2. The molecule has 1 atom stereocenters. The van der Waals surface area contributed by atoms with Crippen LogP contribution >= 0.6 is 11.6 Å². The molecule has 0 spiro atoms. The molecule has 0 saturated heterocycles. The lowest BCUT2D eigenvalue weighted by Gasteiger charge is -2.26. The lowest BCUT2D eigenvalue weighted by molar-refractivity contribution is 0.0518. The zero-order valence-corrected chi connectivity index (χ0v) is 23.0. The highest BCUT2D eigenvalue weighted by Gasteiger charge is 2.31. The van der Waals surface area contributed by atoms with Gasteiger partial charge in [0, 0.05) is 21.5 Å². The number of aromatic amines is 1. The van der Waals surface area contributed by atoms with Crippen molar-refractivity contribution in [1.82, 2.24) is 30.5 Å². The average molecular weight is 535 g/mol. The van der Waals surface area contributed by atoms with E-state index in [9.17, 15) is 4.79 Å². The van der Waals surface area contributed by atoms with E-state index in [4.69, 9.17) is 16.3 Å². The van der Waals surface area contributed by atoms with Gasteiger partial charge in [0.2, 0.25) is 0 Å². The Morgan fingerprint density at radius 2 is 1.92 bits per heavy atom. The number of tetrazole rings is 1. The summed E-state index contributed by atoms with van der Waals surface area (Å²) >= 11 is 6.31. The Labute approximate surface area is 228 Å². The van der Waals surface area contributed by atoms with Crippen molar-refractivity contribution in [2.24, 2.45) is 5.92 Å². The van der Waals surface area contributed by atoms with Gasteiger partial charge in [0.05, 0.1) is 18.3 Å². The van der Waals surface area contributed by atoms with Crippen LogP contribution < -0.4 is 5.32 Å². The summed E-state index contributed by atoms with van der Waals surface area (Å²) in [5, 5.41) is 18.1. The van der Waals surface area contributed by atoms with Crippen LogP contribution in [-0.4, -0.2) is 44.3 Å². The molecule has 0 radical (unpaired) electrons. The summed E-state index contributed by atoms with van der Waals surface area (Å²) in [6.07, 6.45) is 6.17. The SMILES string of the molecule is CCOC(=O)c1[nH]c2cc(Cl)ccc2c1C(NCC1CCCCC1)c1nnnn1-c1ccc(C(C)C)cc1. The quantitative estimate of drug-likeness (QED) is 0.243. The maximum atomic E-state index is 13.2. The summed E-state index contributed by atoms with van der Waals surface area (Å²) in [6.45, 7) is 7.21. The molecule has 1 saturated carbocycles. The van der Waals surface area contributed by atoms with Crippen molar-refractivity contribution in [3.8, 4) is 5.69 Å². The number of carbonyl (C=O) groups excluding carboxylic acids is 1. The minimum atomic E-state index is -0.453. The summed E-state index contributed by atoms with van der Waals surface area (Å²) in [5.41, 5.74) is 4.02. The zero-order chi connectivity index (χ0) is 26.6. The number of halogens is 1. The number of aromatic nitrogens is 5. The third-order valence-electron chi connectivity index (χ3n) is 7.46. The maximum Gasteiger partial charge on any atom is 0.355 e. The van der Waals surface area contributed by atoms with Gasteiger partial charge in [0.25, 0.3) is 0 Å². The number of H-pyrrole nitrogens is 1. The molecule has 8 nitrogen and oxygen atoms in total. The van der Waals surface area contributed by atoms with E-state index in [1.54, 1.807) is 11.6 Å². The Morgan fingerprint density at radius 1 is 1.16 bits per heavy atom. The molecule has 5 rings (SSSR count). The van der Waals surface area contributed by atoms with Gasteiger partial charge in [-0.25, -0.2) is 4.79 Å². The molecule has 2 N–H and O–H groups in total. The van der Waals surface area contributed by atoms with Gasteiger partial charge in [-0.1, -0.05) is 62.9 Å². The molecule has 4 aromatic rings. The molecular weight excluding hydrogens is 500 g/mol. The number of hydrogen-bond acceptors (Lipinski definition) is 6. The second kappa shape index (κ2) is 11.7. The Kier molecular flexibility index (Phi) is 8.09. The lowest BCUT2D eigenvalue weighted by atomic mass is 9.89. The monoisotopic (exact) mass is 534 g/mol. The van der Waals surface area contributed by atoms with Gasteiger partial charge >= 0.3 is 5.97 Å². The average Bonchev–Trinajstić information content (AvgIpc) is 3.55. The second-order valence-electron chi connectivity index (χ2n) is 10.4. The first-order valence-electron chi connectivity index (χ1n) is 13.6. The summed E-state index contributed by atoms with van der Waals surface area (Å²) in [5.74, 6) is 1.18. The summed E-state index contributed by atoms with van der Waals surface area (Å²) in [6, 6.07) is 13.4. The fourth-order valence-corrected chi connectivity index (χ4v) is 5.58. The number of rotatable bonds is 9. The van der Waals surface area contributed by atoms with Gasteiger partial charge in [-0.3, -0.25) is 0 Å². The van der Waals surface area contributed by atoms with E-state index in [0.717, 1.165) is 28.7 Å². The molecule has 0 amide bonds. The predicted molar refractivity (Wildman–Crippen MR) is 149 cm³/mol. The Hall–Kier alpha value is -3.23. The molecule has 1 aliphatic rings. The second-order valence-corrected chi connectivity index (χ2v) is 10.8. The fraction of sp³-hybridized carbons (Fsp3) is 0.448. The summed E-state index contributed by atoms with van der Waals surface area (Å²) < 4.78 is 7.21. The molecule has 200 valence electrons. The standard InChI is InChI=1S/C29H35ClN6O2/c1-4-38-29(37)27-25(23-15-12-21(30)16-24(23)32-27)26(31-17-19-8-6-5-7-9-19)28-33-34-35-36(28)22-13-10-20(11-14-22)18(2)3/h10-16,18-19,26,31-32H,4-9,17H2,1-3H3. The van der Waals surface area contributed by atoms with Crippen LogP contribution in [0.5, 0.6) is 0 Å². The molecule has 1 unspecified atom stereocenters. The first-order valence-corrected chi connectivity index (χ1v) is 13.9. The fourth-order valence-electron chi connectivity index (χ4n) is 5.41. The number of fused-ring (bicyclic) bond motifs is 1. The number of ether oxygens (including phenoxy) is 1. The van der Waals surface area contributed by atoms with Crippen molar-refractivity contribution >= 4 is 28.5 Å². The first kappa shape index (κ1) is 26.4. The molecule has 2 aromatic heterocycles. The maximum absolute atomic E-state index is 13.2. The normalized spacial score (nSPS) is 15.3. The topological polar surface area (TPSA) is 97.7 Å².